The van der Waals surface area contributed by atoms with Crippen LogP contribution in [0.5, 0.6) is 0 Å². The van der Waals surface area contributed by atoms with Crippen molar-refractivity contribution in [1.82, 2.24) is 0 Å². The number of nitro benzene ring substituents is 1. The Kier molecular flexibility index (Phi) is 5.86. The molecule has 0 fully saturated rings. The number of non-ortho nitro benzene ring substituents is 1. The lowest BCUT2D eigenvalue weighted by atomic mass is 10.2. The van der Waals surface area contributed by atoms with Crippen LogP contribution in [0, 0.1) is 10.1 Å². The van der Waals surface area contributed by atoms with Crippen molar-refractivity contribution >= 4 is 46.6 Å². The van der Waals surface area contributed by atoms with Crippen molar-refractivity contribution in [2.75, 3.05) is 10.6 Å². The molecule has 0 radical (unpaired) electrons. The lowest BCUT2D eigenvalue weighted by Crippen LogP contribution is -2.13. The van der Waals surface area contributed by atoms with Gasteiger partial charge in [-0.3, -0.25) is 19.7 Å². The fourth-order valence-electron chi connectivity index (χ4n) is 2.01. The highest BCUT2D eigenvalue weighted by atomic mass is 35.5. The number of halogens is 1. The Morgan fingerprint density at radius 2 is 1.88 bits per heavy atom. The number of anilines is 2. The summed E-state index contributed by atoms with van der Waals surface area (Å²) in [7, 11) is 0. The van der Waals surface area contributed by atoms with Crippen LogP contribution in [0.1, 0.15) is 12.5 Å². The van der Waals surface area contributed by atoms with Crippen LogP contribution < -0.4 is 10.6 Å². The molecule has 0 aromatic heterocycles. The second kappa shape index (κ2) is 8.07. The molecule has 0 aliphatic rings. The normalized spacial score (nSPS) is 10.5. The predicted molar refractivity (Wildman–Crippen MR) is 96.5 cm³/mol. The van der Waals surface area contributed by atoms with Crippen LogP contribution in [-0.4, -0.2) is 16.7 Å². The Hall–Kier alpha value is -3.19. The number of amides is 2. The number of rotatable bonds is 5. The summed E-state index contributed by atoms with van der Waals surface area (Å²) in [4.78, 5) is 33.5. The van der Waals surface area contributed by atoms with Gasteiger partial charge in [0.2, 0.25) is 11.8 Å². The monoisotopic (exact) mass is 359 g/mol. The van der Waals surface area contributed by atoms with Gasteiger partial charge >= 0.3 is 0 Å². The molecule has 0 bridgehead atoms. The van der Waals surface area contributed by atoms with Crippen molar-refractivity contribution in [3.05, 3.63) is 69.2 Å². The van der Waals surface area contributed by atoms with Crippen LogP contribution in [-0.2, 0) is 9.59 Å². The molecule has 2 amide bonds. The zero-order valence-electron chi connectivity index (χ0n) is 13.2. The van der Waals surface area contributed by atoms with Gasteiger partial charge in [0.05, 0.1) is 16.3 Å². The lowest BCUT2D eigenvalue weighted by molar-refractivity contribution is -0.384. The van der Waals surface area contributed by atoms with Gasteiger partial charge in [0.25, 0.3) is 5.69 Å². The molecule has 128 valence electrons. The zero-order chi connectivity index (χ0) is 18.4. The Balaban J connectivity index is 2.15. The Labute approximate surface area is 148 Å². The van der Waals surface area contributed by atoms with Gasteiger partial charge in [-0.15, -0.1) is 0 Å². The average molecular weight is 360 g/mol. The first-order chi connectivity index (χ1) is 11.8. The maximum atomic E-state index is 12.1. The molecular weight excluding hydrogens is 346 g/mol. The highest BCUT2D eigenvalue weighted by Gasteiger charge is 2.08. The summed E-state index contributed by atoms with van der Waals surface area (Å²) in [6.07, 6.45) is 2.68. The van der Waals surface area contributed by atoms with E-state index in [1.54, 1.807) is 18.2 Å². The third-order valence-corrected chi connectivity index (χ3v) is 3.29. The number of hydrogen-bond donors (Lipinski definition) is 2. The Morgan fingerprint density at radius 1 is 1.12 bits per heavy atom. The van der Waals surface area contributed by atoms with E-state index < -0.39 is 10.8 Å². The summed E-state index contributed by atoms with van der Waals surface area (Å²) >= 11 is 5.91. The summed E-state index contributed by atoms with van der Waals surface area (Å²) in [5.41, 5.74) is 1.20. The molecule has 0 saturated heterocycles. The summed E-state index contributed by atoms with van der Waals surface area (Å²) in [6, 6.07) is 10.5. The quantitative estimate of drug-likeness (QED) is 0.480. The van der Waals surface area contributed by atoms with Crippen LogP contribution in [0.25, 0.3) is 6.08 Å². The predicted octanol–water partition coefficient (Wildman–Crippen LogP) is 3.86. The molecule has 0 aliphatic heterocycles. The third-order valence-electron chi connectivity index (χ3n) is 3.06. The van der Waals surface area contributed by atoms with Crippen molar-refractivity contribution in [2.24, 2.45) is 0 Å². The van der Waals surface area contributed by atoms with Crippen molar-refractivity contribution < 1.29 is 14.5 Å². The standard InChI is InChI=1S/C17H14ClN3O4/c1-11(22)19-15-7-6-13(18)10-16(15)20-17(23)8-5-12-3-2-4-14(9-12)21(24)25/h2-10H,1H3,(H,19,22)(H,20,23)/b8-5+. The molecule has 25 heavy (non-hydrogen) atoms. The molecule has 7 nitrogen and oxygen atoms in total. The maximum Gasteiger partial charge on any atom is 0.270 e. The van der Waals surface area contributed by atoms with Gasteiger partial charge in [-0.05, 0) is 29.8 Å². The highest BCUT2D eigenvalue weighted by Crippen LogP contribution is 2.26. The minimum Gasteiger partial charge on any atom is -0.325 e. The maximum absolute atomic E-state index is 12.1. The molecular formula is C17H14ClN3O4. The second-order valence-corrected chi connectivity index (χ2v) is 5.48. The molecule has 0 saturated carbocycles. The van der Waals surface area contributed by atoms with E-state index in [-0.39, 0.29) is 11.6 Å². The Bertz CT molecular complexity index is 865. The van der Waals surface area contributed by atoms with Crippen molar-refractivity contribution in [2.45, 2.75) is 6.92 Å². The SMILES string of the molecule is CC(=O)Nc1ccc(Cl)cc1NC(=O)/C=C/c1cccc([N+](=O)[O-])c1. The molecule has 0 heterocycles. The lowest BCUT2D eigenvalue weighted by Gasteiger charge is -2.10. The van der Waals surface area contributed by atoms with E-state index in [1.807, 2.05) is 0 Å². The largest absolute Gasteiger partial charge is 0.325 e. The van der Waals surface area contributed by atoms with Gasteiger partial charge in [0.15, 0.2) is 0 Å². The fourth-order valence-corrected chi connectivity index (χ4v) is 2.18. The van der Waals surface area contributed by atoms with Gasteiger partial charge in [-0.1, -0.05) is 23.7 Å². The molecule has 0 atom stereocenters. The molecule has 0 unspecified atom stereocenters. The minimum absolute atomic E-state index is 0.0645. The molecule has 0 aliphatic carbocycles. The number of nitrogens with zero attached hydrogens (tertiary/aromatic N) is 1. The second-order valence-electron chi connectivity index (χ2n) is 5.05. The molecule has 2 rings (SSSR count). The van der Waals surface area contributed by atoms with Crippen molar-refractivity contribution in [3.8, 4) is 0 Å². The molecule has 2 aromatic carbocycles. The van der Waals surface area contributed by atoms with Crippen molar-refractivity contribution in [1.29, 1.82) is 0 Å². The smallest absolute Gasteiger partial charge is 0.270 e. The van der Waals surface area contributed by atoms with Gasteiger partial charge < -0.3 is 10.6 Å². The van der Waals surface area contributed by atoms with E-state index in [9.17, 15) is 19.7 Å². The number of nitro groups is 1. The first-order valence-electron chi connectivity index (χ1n) is 7.16. The average Bonchev–Trinajstić information content (AvgIpc) is 2.55. The number of benzene rings is 2. The topological polar surface area (TPSA) is 101 Å². The summed E-state index contributed by atoms with van der Waals surface area (Å²) in [5.74, 6) is -0.759. The van der Waals surface area contributed by atoms with Gasteiger partial charge in [0, 0.05) is 30.2 Å². The molecule has 8 heteroatoms. The minimum atomic E-state index is -0.511. The number of hydrogen-bond acceptors (Lipinski definition) is 4. The van der Waals surface area contributed by atoms with Gasteiger partial charge in [-0.2, -0.15) is 0 Å². The number of carbonyl (C=O) groups is 2. The van der Waals surface area contributed by atoms with Gasteiger partial charge in [0.1, 0.15) is 0 Å². The van der Waals surface area contributed by atoms with E-state index in [0.29, 0.717) is 22.0 Å². The third kappa shape index (κ3) is 5.43. The number of nitrogens with one attached hydrogen (secondary N) is 2. The van der Waals surface area contributed by atoms with E-state index in [1.165, 1.54) is 43.3 Å². The summed E-state index contributed by atoms with van der Waals surface area (Å²) in [6.45, 7) is 1.35. The van der Waals surface area contributed by atoms with Crippen LogP contribution in [0.2, 0.25) is 5.02 Å². The summed E-state index contributed by atoms with van der Waals surface area (Å²) in [5, 5.41) is 16.3. The first-order valence-corrected chi connectivity index (χ1v) is 7.53. The Morgan fingerprint density at radius 3 is 2.56 bits per heavy atom. The van der Waals surface area contributed by atoms with E-state index >= 15 is 0 Å². The van der Waals surface area contributed by atoms with Crippen molar-refractivity contribution in [3.63, 3.8) is 0 Å². The fraction of sp³-hybridized carbons (Fsp3) is 0.0588. The van der Waals surface area contributed by atoms with Crippen LogP contribution in [0.3, 0.4) is 0 Å². The molecule has 0 spiro atoms. The van der Waals surface area contributed by atoms with E-state index in [0.717, 1.165) is 0 Å². The van der Waals surface area contributed by atoms with Crippen LogP contribution in [0.15, 0.2) is 48.5 Å². The number of carbonyl (C=O) groups excluding carboxylic acids is 2. The summed E-state index contributed by atoms with van der Waals surface area (Å²) < 4.78 is 0. The first kappa shape index (κ1) is 18.2. The van der Waals surface area contributed by atoms with E-state index in [4.69, 9.17) is 11.6 Å². The highest BCUT2D eigenvalue weighted by molar-refractivity contribution is 6.31. The zero-order valence-corrected chi connectivity index (χ0v) is 13.9. The van der Waals surface area contributed by atoms with Gasteiger partial charge in [-0.25, -0.2) is 0 Å². The van der Waals surface area contributed by atoms with E-state index in [2.05, 4.69) is 10.6 Å². The molecule has 2 N–H and O–H groups in total. The van der Waals surface area contributed by atoms with Crippen LogP contribution >= 0.6 is 11.6 Å². The van der Waals surface area contributed by atoms with Crippen LogP contribution in [0.4, 0.5) is 17.1 Å². The molecule has 2 aromatic rings.